The van der Waals surface area contributed by atoms with Crippen LogP contribution in [0.2, 0.25) is 0 Å². The zero-order valence-corrected chi connectivity index (χ0v) is 47.5. The molecule has 0 bridgehead atoms. The van der Waals surface area contributed by atoms with E-state index in [1.54, 1.807) is 0 Å². The molecular weight excluding hydrogens is 863 g/mol. The van der Waals surface area contributed by atoms with Gasteiger partial charge >= 0.3 is 5.97 Å². The van der Waals surface area contributed by atoms with Crippen molar-refractivity contribution in [1.29, 1.82) is 0 Å². The van der Waals surface area contributed by atoms with Gasteiger partial charge in [0.15, 0.2) is 0 Å². The largest absolute Gasteiger partial charge is 0.466 e. The highest BCUT2D eigenvalue weighted by Gasteiger charge is 2.20. The molecule has 0 aliphatic heterocycles. The number of aliphatic hydroxyl groups excluding tert-OH is 2. The molecule has 0 aromatic carbocycles. The van der Waals surface area contributed by atoms with Crippen LogP contribution < -0.4 is 5.32 Å². The number of hydrogen-bond acceptors (Lipinski definition) is 5. The number of ether oxygens (including phenoxy) is 1. The number of nitrogens with one attached hydrogen (secondary N) is 1. The molecule has 0 saturated heterocycles. The fraction of sp³-hybridized carbons (Fsp3) is 0.938. The molecule has 3 N–H and O–H groups in total. The Balaban J connectivity index is 3.34. The second kappa shape index (κ2) is 60.2. The van der Waals surface area contributed by atoms with E-state index in [1.165, 1.54) is 289 Å². The standard InChI is InChI=1S/C64H125NO5/c1-3-5-7-9-11-13-15-16-34-38-42-46-50-54-58-64(69)70-59-55-51-47-43-39-35-32-30-28-26-24-22-20-18-17-19-21-23-25-27-29-31-33-37-41-45-49-53-57-63(68)65-61(60-66)62(67)56-52-48-44-40-36-14-12-10-8-6-4-2/h17-18,61-62,66-67H,3-16,19-60H2,1-2H3,(H,65,68)/b18-17-. The third kappa shape index (κ3) is 55.9. The number of amides is 1. The van der Waals surface area contributed by atoms with Gasteiger partial charge in [0, 0.05) is 12.8 Å². The van der Waals surface area contributed by atoms with Gasteiger partial charge in [-0.15, -0.1) is 0 Å². The molecule has 0 rings (SSSR count). The molecule has 0 radical (unpaired) electrons. The van der Waals surface area contributed by atoms with E-state index in [0.29, 0.717) is 25.9 Å². The Bertz CT molecular complexity index is 1050. The van der Waals surface area contributed by atoms with Gasteiger partial charge in [-0.05, 0) is 51.4 Å². The zero-order valence-electron chi connectivity index (χ0n) is 47.5. The Morgan fingerprint density at radius 2 is 0.671 bits per heavy atom. The zero-order chi connectivity index (χ0) is 50.7. The minimum Gasteiger partial charge on any atom is -0.466 e. The van der Waals surface area contributed by atoms with Gasteiger partial charge in [0.1, 0.15) is 0 Å². The van der Waals surface area contributed by atoms with E-state index >= 15 is 0 Å². The first kappa shape index (κ1) is 68.6. The lowest BCUT2D eigenvalue weighted by Crippen LogP contribution is -2.45. The number of hydrogen-bond donors (Lipinski definition) is 3. The summed E-state index contributed by atoms with van der Waals surface area (Å²) in [6.07, 6.45) is 72.4. The quantitative estimate of drug-likeness (QED) is 0.0321. The summed E-state index contributed by atoms with van der Waals surface area (Å²) in [5, 5.41) is 23.2. The lowest BCUT2D eigenvalue weighted by molar-refractivity contribution is -0.143. The predicted molar refractivity (Wildman–Crippen MR) is 306 cm³/mol. The maximum atomic E-state index is 12.4. The molecule has 6 heteroatoms. The molecule has 2 unspecified atom stereocenters. The highest BCUT2D eigenvalue weighted by atomic mass is 16.5. The van der Waals surface area contributed by atoms with E-state index in [9.17, 15) is 19.8 Å². The van der Waals surface area contributed by atoms with Gasteiger partial charge in [0.05, 0.1) is 25.4 Å². The van der Waals surface area contributed by atoms with Crippen molar-refractivity contribution in [2.24, 2.45) is 0 Å². The van der Waals surface area contributed by atoms with Gasteiger partial charge in [-0.3, -0.25) is 9.59 Å². The summed E-state index contributed by atoms with van der Waals surface area (Å²) in [5.41, 5.74) is 0. The number of esters is 1. The molecule has 70 heavy (non-hydrogen) atoms. The maximum absolute atomic E-state index is 12.4. The van der Waals surface area contributed by atoms with Crippen molar-refractivity contribution >= 4 is 11.9 Å². The van der Waals surface area contributed by atoms with Crippen LogP contribution in [0.15, 0.2) is 12.2 Å². The Morgan fingerprint density at radius 1 is 0.386 bits per heavy atom. The molecular formula is C64H125NO5. The summed E-state index contributed by atoms with van der Waals surface area (Å²) in [7, 11) is 0. The normalized spacial score (nSPS) is 12.6. The number of carbonyl (C=O) groups is 2. The van der Waals surface area contributed by atoms with Crippen LogP contribution in [0.4, 0.5) is 0 Å². The first-order valence-electron chi connectivity index (χ1n) is 31.9. The van der Waals surface area contributed by atoms with Crippen LogP contribution in [0, 0.1) is 0 Å². The molecule has 0 fully saturated rings. The van der Waals surface area contributed by atoms with Crippen LogP contribution in [-0.4, -0.2) is 47.4 Å². The minimum absolute atomic E-state index is 0.0186. The molecule has 0 aliphatic rings. The van der Waals surface area contributed by atoms with Gasteiger partial charge in [-0.2, -0.15) is 0 Å². The molecule has 0 aromatic rings. The average molecular weight is 989 g/mol. The molecule has 0 spiro atoms. The van der Waals surface area contributed by atoms with Crippen molar-refractivity contribution in [2.75, 3.05) is 13.2 Å². The van der Waals surface area contributed by atoms with Crippen LogP contribution >= 0.6 is 0 Å². The molecule has 0 aliphatic carbocycles. The van der Waals surface area contributed by atoms with Crippen LogP contribution in [0.1, 0.15) is 361 Å². The number of unbranched alkanes of at least 4 members (excludes halogenated alkanes) is 47. The van der Waals surface area contributed by atoms with E-state index in [0.717, 1.165) is 38.5 Å². The first-order chi connectivity index (χ1) is 34.5. The number of aliphatic hydroxyl groups is 2. The summed E-state index contributed by atoms with van der Waals surface area (Å²) >= 11 is 0. The molecule has 0 heterocycles. The topological polar surface area (TPSA) is 95.9 Å². The molecule has 0 saturated carbocycles. The highest BCUT2D eigenvalue weighted by Crippen LogP contribution is 2.18. The highest BCUT2D eigenvalue weighted by molar-refractivity contribution is 5.76. The van der Waals surface area contributed by atoms with Gasteiger partial charge in [-0.25, -0.2) is 0 Å². The lowest BCUT2D eigenvalue weighted by Gasteiger charge is -2.22. The third-order valence-corrected chi connectivity index (χ3v) is 15.1. The van der Waals surface area contributed by atoms with Crippen molar-refractivity contribution in [1.82, 2.24) is 5.32 Å². The van der Waals surface area contributed by atoms with Crippen LogP contribution in [0.5, 0.6) is 0 Å². The number of carbonyl (C=O) groups excluding carboxylic acids is 2. The van der Waals surface area contributed by atoms with Crippen LogP contribution in [0.25, 0.3) is 0 Å². The van der Waals surface area contributed by atoms with Gasteiger partial charge in [0.25, 0.3) is 0 Å². The number of rotatable bonds is 60. The van der Waals surface area contributed by atoms with Gasteiger partial charge in [0.2, 0.25) is 5.91 Å². The summed E-state index contributed by atoms with van der Waals surface area (Å²) < 4.78 is 5.49. The lowest BCUT2D eigenvalue weighted by atomic mass is 10.0. The average Bonchev–Trinajstić information content (AvgIpc) is 3.36. The third-order valence-electron chi connectivity index (χ3n) is 15.1. The molecule has 416 valence electrons. The van der Waals surface area contributed by atoms with E-state index < -0.39 is 12.1 Å². The summed E-state index contributed by atoms with van der Waals surface area (Å²) in [4.78, 5) is 24.5. The Labute approximate surface area is 438 Å². The first-order valence-corrected chi connectivity index (χ1v) is 31.9. The second-order valence-corrected chi connectivity index (χ2v) is 22.1. The van der Waals surface area contributed by atoms with Gasteiger partial charge < -0.3 is 20.3 Å². The number of allylic oxidation sites excluding steroid dienone is 2. The van der Waals surface area contributed by atoms with Crippen molar-refractivity contribution in [3.8, 4) is 0 Å². The van der Waals surface area contributed by atoms with E-state index in [-0.39, 0.29) is 18.5 Å². The summed E-state index contributed by atoms with van der Waals surface area (Å²) in [6, 6.07) is -0.539. The second-order valence-electron chi connectivity index (χ2n) is 22.1. The molecule has 1 amide bonds. The van der Waals surface area contributed by atoms with Crippen molar-refractivity contribution < 1.29 is 24.5 Å². The predicted octanol–water partition coefficient (Wildman–Crippen LogP) is 20.0. The van der Waals surface area contributed by atoms with Crippen LogP contribution in [-0.2, 0) is 14.3 Å². The fourth-order valence-electron chi connectivity index (χ4n) is 10.2. The van der Waals surface area contributed by atoms with Crippen molar-refractivity contribution in [3.63, 3.8) is 0 Å². The Hall–Kier alpha value is -1.40. The van der Waals surface area contributed by atoms with Crippen LogP contribution in [0.3, 0.4) is 0 Å². The molecule has 0 aromatic heterocycles. The molecule has 6 nitrogen and oxygen atoms in total. The van der Waals surface area contributed by atoms with Crippen molar-refractivity contribution in [2.45, 2.75) is 373 Å². The minimum atomic E-state index is -0.662. The fourth-order valence-corrected chi connectivity index (χ4v) is 10.2. The maximum Gasteiger partial charge on any atom is 0.305 e. The van der Waals surface area contributed by atoms with E-state index in [2.05, 4.69) is 31.3 Å². The van der Waals surface area contributed by atoms with Crippen molar-refractivity contribution in [3.05, 3.63) is 12.2 Å². The summed E-state index contributed by atoms with van der Waals surface area (Å²) in [6.45, 7) is 4.97. The Morgan fingerprint density at radius 3 is 1.01 bits per heavy atom. The summed E-state index contributed by atoms with van der Waals surface area (Å²) in [5.74, 6) is -0.0156. The molecule has 2 atom stereocenters. The smallest absolute Gasteiger partial charge is 0.305 e. The monoisotopic (exact) mass is 988 g/mol. The Kier molecular flexibility index (Phi) is 59.0. The van der Waals surface area contributed by atoms with Gasteiger partial charge in [-0.1, -0.05) is 309 Å². The van der Waals surface area contributed by atoms with E-state index in [4.69, 9.17) is 4.74 Å². The SMILES string of the molecule is CCCCCCCCCCCCCCCCC(=O)OCCCCCCCCCCCCCC/C=C\CCCCCCCCCCCCCCC(=O)NC(CO)C(O)CCCCCCCCCCCCC. The van der Waals surface area contributed by atoms with E-state index in [1.807, 2.05) is 0 Å².